The third-order valence-electron chi connectivity index (χ3n) is 6.91. The molecule has 2 N–H and O–H groups in total. The molecule has 1 amide bonds. The Balaban J connectivity index is 1.52. The first kappa shape index (κ1) is 30.0. The molecule has 2 aromatic carbocycles. The van der Waals surface area contributed by atoms with Gasteiger partial charge in [0.25, 0.3) is 17.7 Å². The predicted octanol–water partition coefficient (Wildman–Crippen LogP) is 4.37. The zero-order chi connectivity index (χ0) is 31.3. The van der Waals surface area contributed by atoms with Crippen LogP contribution in [0.5, 0.6) is 0 Å². The monoisotopic (exact) mass is 604 g/mol. The number of hydrogen-bond donors (Lipinski definition) is 2. The summed E-state index contributed by atoms with van der Waals surface area (Å²) in [5.41, 5.74) is 1.75. The normalized spacial score (nSPS) is 12.1. The van der Waals surface area contributed by atoms with Crippen LogP contribution in [-0.4, -0.2) is 43.7 Å². The molecule has 0 saturated carbocycles. The molecule has 5 rings (SSSR count). The van der Waals surface area contributed by atoms with E-state index in [2.05, 4.69) is 20.6 Å². The highest BCUT2D eigenvalue weighted by Gasteiger charge is 2.44. The molecule has 0 aliphatic carbocycles. The summed E-state index contributed by atoms with van der Waals surface area (Å²) < 4.78 is 47.4. The van der Waals surface area contributed by atoms with E-state index in [0.717, 1.165) is 16.5 Å². The number of nitrogens with one attached hydrogen (secondary N) is 2. The number of carbonyl (C=O) groups excluding carboxylic acids is 2. The first-order valence-corrected chi connectivity index (χ1v) is 13.5. The van der Waals surface area contributed by atoms with Crippen LogP contribution < -0.4 is 16.2 Å². The van der Waals surface area contributed by atoms with Crippen molar-refractivity contribution in [3.8, 4) is 11.3 Å². The fourth-order valence-corrected chi connectivity index (χ4v) is 4.69. The second kappa shape index (κ2) is 12.8. The second-order valence-electron chi connectivity index (χ2n) is 9.80. The molecule has 0 spiro atoms. The average Bonchev–Trinajstić information content (AvgIpc) is 3.35. The summed E-state index contributed by atoms with van der Waals surface area (Å²) in [4.78, 5) is 47.7. The predicted molar refractivity (Wildman–Crippen MR) is 156 cm³/mol. The Kier molecular flexibility index (Phi) is 8.74. The van der Waals surface area contributed by atoms with Crippen LogP contribution >= 0.6 is 0 Å². The lowest BCUT2D eigenvalue weighted by Crippen LogP contribution is -2.43. The van der Waals surface area contributed by atoms with E-state index in [0.29, 0.717) is 22.2 Å². The molecule has 0 bridgehead atoms. The molecule has 13 heteroatoms. The van der Waals surface area contributed by atoms with Crippen LogP contribution in [0.3, 0.4) is 0 Å². The Labute approximate surface area is 249 Å². The minimum atomic E-state index is -5.43. The van der Waals surface area contributed by atoms with E-state index in [1.54, 1.807) is 66.5 Å². The van der Waals surface area contributed by atoms with Crippen molar-refractivity contribution in [2.75, 3.05) is 11.9 Å². The summed E-state index contributed by atoms with van der Waals surface area (Å²) in [5.74, 6) is -4.01. The number of aromatic nitrogens is 4. The first-order chi connectivity index (χ1) is 21.1. The van der Waals surface area contributed by atoms with E-state index in [-0.39, 0.29) is 24.6 Å². The minimum Gasteiger partial charge on any atom is -0.425 e. The van der Waals surface area contributed by atoms with E-state index in [1.807, 2.05) is 30.3 Å². The number of carbonyl (C=O) groups is 2. The Bertz CT molecular complexity index is 1840. The van der Waals surface area contributed by atoms with Gasteiger partial charge in [0, 0.05) is 37.1 Å². The van der Waals surface area contributed by atoms with Crippen molar-refractivity contribution in [2.45, 2.75) is 25.4 Å². The van der Waals surface area contributed by atoms with Crippen LogP contribution in [-0.2, 0) is 34.3 Å². The smallest absolute Gasteiger partial charge is 0.425 e. The number of alkyl halides is 3. The zero-order valence-electron chi connectivity index (χ0n) is 23.4. The summed E-state index contributed by atoms with van der Waals surface area (Å²) in [6, 6.07) is 21.1. The number of pyridine rings is 1. The lowest BCUT2D eigenvalue weighted by atomic mass is 10.1. The van der Waals surface area contributed by atoms with Gasteiger partial charge >= 0.3 is 12.1 Å². The maximum atomic E-state index is 13.8. The van der Waals surface area contributed by atoms with Crippen molar-refractivity contribution in [1.29, 1.82) is 0 Å². The summed E-state index contributed by atoms with van der Waals surface area (Å²) in [7, 11) is 1.75. The number of fused-ring (bicyclic) bond motifs is 1. The van der Waals surface area contributed by atoms with Gasteiger partial charge in [-0.2, -0.15) is 13.2 Å². The topological polar surface area (TPSA) is 120 Å². The number of benzene rings is 2. The van der Waals surface area contributed by atoms with E-state index in [1.165, 1.54) is 6.20 Å². The van der Waals surface area contributed by atoms with Gasteiger partial charge in [-0.05, 0) is 29.7 Å². The maximum absolute atomic E-state index is 13.8. The zero-order valence-corrected chi connectivity index (χ0v) is 23.4. The summed E-state index contributed by atoms with van der Waals surface area (Å²) in [5, 5.41) is 6.19. The number of esters is 1. The molecule has 10 nitrogen and oxygen atoms in total. The molecule has 5 aromatic rings. The minimum absolute atomic E-state index is 0.0324. The number of ether oxygens (including phenoxy) is 1. The van der Waals surface area contributed by atoms with Crippen LogP contribution in [0.25, 0.3) is 22.2 Å². The molecule has 1 unspecified atom stereocenters. The van der Waals surface area contributed by atoms with Crippen LogP contribution in [0.1, 0.15) is 17.5 Å². The molecular formula is C31H27F3N6O4. The number of hydrogen-bond acceptors (Lipinski definition) is 7. The molecule has 44 heavy (non-hydrogen) atoms. The molecular weight excluding hydrogens is 577 g/mol. The van der Waals surface area contributed by atoms with E-state index in [4.69, 9.17) is 4.74 Å². The summed E-state index contributed by atoms with van der Waals surface area (Å²) in [6.45, 7) is 0.110. The van der Waals surface area contributed by atoms with Gasteiger partial charge < -0.3 is 19.9 Å². The highest BCUT2D eigenvalue weighted by Crippen LogP contribution is 2.26. The maximum Gasteiger partial charge on any atom is 0.491 e. The molecule has 0 radical (unpaired) electrons. The van der Waals surface area contributed by atoms with Crippen LogP contribution in [0.4, 0.5) is 19.0 Å². The molecule has 0 aliphatic rings. The average molecular weight is 605 g/mol. The fraction of sp³-hybridized carbons (Fsp3) is 0.194. The molecule has 0 fully saturated rings. The SMILES string of the molecule is Cn1c(CNC(=O)C(OC(=O)C(F)(F)F)n2c(-c3ccccc3)cnc(NCCc3ccccc3)c2=O)cc2cnccc21. The third-order valence-corrected chi connectivity index (χ3v) is 6.91. The van der Waals surface area contributed by atoms with Gasteiger partial charge in [-0.15, -0.1) is 0 Å². The van der Waals surface area contributed by atoms with Crippen molar-refractivity contribution < 1.29 is 27.5 Å². The van der Waals surface area contributed by atoms with Gasteiger partial charge in [0.05, 0.1) is 24.0 Å². The van der Waals surface area contributed by atoms with E-state index in [9.17, 15) is 27.6 Å². The summed E-state index contributed by atoms with van der Waals surface area (Å²) >= 11 is 0. The second-order valence-corrected chi connectivity index (χ2v) is 9.80. The van der Waals surface area contributed by atoms with Crippen LogP contribution in [0, 0.1) is 0 Å². The Hall–Kier alpha value is -5.46. The number of rotatable bonds is 10. The van der Waals surface area contributed by atoms with Gasteiger partial charge in [0.15, 0.2) is 5.82 Å². The lowest BCUT2D eigenvalue weighted by molar-refractivity contribution is -0.209. The van der Waals surface area contributed by atoms with Crippen LogP contribution in [0.2, 0.25) is 0 Å². The Morgan fingerprint density at radius 2 is 1.70 bits per heavy atom. The van der Waals surface area contributed by atoms with E-state index >= 15 is 0 Å². The molecule has 0 saturated heterocycles. The van der Waals surface area contributed by atoms with Gasteiger partial charge in [0.1, 0.15) is 0 Å². The Morgan fingerprint density at radius 1 is 1.00 bits per heavy atom. The first-order valence-electron chi connectivity index (χ1n) is 13.5. The quantitative estimate of drug-likeness (QED) is 0.227. The Morgan fingerprint density at radius 3 is 2.39 bits per heavy atom. The van der Waals surface area contributed by atoms with Crippen molar-refractivity contribution in [3.05, 3.63) is 113 Å². The number of aryl methyl sites for hydroxylation is 1. The molecule has 0 aliphatic heterocycles. The van der Waals surface area contributed by atoms with Crippen molar-refractivity contribution in [2.24, 2.45) is 7.05 Å². The highest BCUT2D eigenvalue weighted by molar-refractivity contribution is 5.85. The number of amides is 1. The lowest BCUT2D eigenvalue weighted by Gasteiger charge is -2.24. The molecule has 1 atom stereocenters. The van der Waals surface area contributed by atoms with Gasteiger partial charge in [-0.25, -0.2) is 9.78 Å². The fourth-order valence-electron chi connectivity index (χ4n) is 4.69. The number of anilines is 1. The van der Waals surface area contributed by atoms with Crippen molar-refractivity contribution in [3.63, 3.8) is 0 Å². The third kappa shape index (κ3) is 6.61. The molecule has 3 aromatic heterocycles. The highest BCUT2D eigenvalue weighted by atomic mass is 19.4. The number of halogens is 3. The van der Waals surface area contributed by atoms with Gasteiger partial charge in [-0.1, -0.05) is 60.7 Å². The van der Waals surface area contributed by atoms with E-state index < -0.39 is 29.8 Å². The van der Waals surface area contributed by atoms with Crippen molar-refractivity contribution in [1.82, 2.24) is 24.4 Å². The standard InChI is InChI=1S/C31H27F3N6O4/c1-39-23(16-22-17-35-14-13-24(22)39)18-38-27(41)29(44-30(43)31(32,33)34)40-25(21-10-6-3-7-11-21)19-37-26(28(40)42)36-15-12-20-8-4-2-5-9-20/h2-11,13-14,16-17,19,29H,12,15,18H2,1H3,(H,36,37)(H,38,41). The van der Waals surface area contributed by atoms with Crippen molar-refractivity contribution >= 4 is 28.6 Å². The number of nitrogens with zero attached hydrogens (tertiary/aromatic N) is 4. The molecule has 226 valence electrons. The summed E-state index contributed by atoms with van der Waals surface area (Å²) in [6.07, 6.45) is -2.77. The van der Waals surface area contributed by atoms with Gasteiger partial charge in [0.2, 0.25) is 0 Å². The largest absolute Gasteiger partial charge is 0.491 e. The molecule has 3 heterocycles. The van der Waals surface area contributed by atoms with Crippen LogP contribution in [0.15, 0.2) is 96.2 Å². The van der Waals surface area contributed by atoms with Gasteiger partial charge in [-0.3, -0.25) is 19.1 Å².